The van der Waals surface area contributed by atoms with Gasteiger partial charge in [0.25, 0.3) is 0 Å². The summed E-state index contributed by atoms with van der Waals surface area (Å²) in [5.74, 6) is 0. The molecule has 0 heterocycles. The Kier molecular flexibility index (Phi) is 11.0. The van der Waals surface area contributed by atoms with Crippen molar-refractivity contribution in [2.24, 2.45) is 0 Å². The highest BCUT2D eigenvalue weighted by molar-refractivity contribution is 4.63. The van der Waals surface area contributed by atoms with E-state index >= 15 is 0 Å². The molecule has 104 valence electrons. The Morgan fingerprint density at radius 2 is 1.71 bits per heavy atom. The molecule has 17 heavy (non-hydrogen) atoms. The van der Waals surface area contributed by atoms with Crippen LogP contribution in [-0.4, -0.2) is 37.1 Å². The molecule has 0 aromatic rings. The third-order valence-corrected chi connectivity index (χ3v) is 3.55. The Balaban J connectivity index is 3.30. The van der Waals surface area contributed by atoms with Crippen molar-refractivity contribution in [3.63, 3.8) is 0 Å². The minimum atomic E-state index is 0.668. The van der Waals surface area contributed by atoms with E-state index in [0.717, 1.165) is 6.54 Å². The van der Waals surface area contributed by atoms with Crippen molar-refractivity contribution in [3.05, 3.63) is 0 Å². The molecule has 0 rings (SSSR count). The summed E-state index contributed by atoms with van der Waals surface area (Å²) in [6.07, 6.45) is 8.11. The summed E-state index contributed by atoms with van der Waals surface area (Å²) in [7, 11) is 2.21. The van der Waals surface area contributed by atoms with Crippen LogP contribution >= 0.6 is 0 Å². The molecule has 2 heteroatoms. The molecule has 0 aliphatic rings. The summed E-state index contributed by atoms with van der Waals surface area (Å²) in [6.45, 7) is 11.5. The van der Waals surface area contributed by atoms with Gasteiger partial charge in [-0.2, -0.15) is 0 Å². The topological polar surface area (TPSA) is 15.3 Å². The number of nitrogens with zero attached hydrogens (tertiary/aromatic N) is 1. The van der Waals surface area contributed by atoms with E-state index in [-0.39, 0.29) is 0 Å². The van der Waals surface area contributed by atoms with Gasteiger partial charge >= 0.3 is 0 Å². The van der Waals surface area contributed by atoms with Crippen LogP contribution in [0.25, 0.3) is 0 Å². The summed E-state index contributed by atoms with van der Waals surface area (Å²) in [4.78, 5) is 2.41. The first-order valence-corrected chi connectivity index (χ1v) is 7.51. The molecule has 2 nitrogen and oxygen atoms in total. The van der Waals surface area contributed by atoms with Crippen molar-refractivity contribution < 1.29 is 0 Å². The molecule has 0 aliphatic carbocycles. The molecule has 0 radical (unpaired) electrons. The first kappa shape index (κ1) is 16.9. The molecule has 0 saturated carbocycles. The van der Waals surface area contributed by atoms with E-state index in [0.29, 0.717) is 12.1 Å². The average Bonchev–Trinajstić information content (AvgIpc) is 2.29. The van der Waals surface area contributed by atoms with Crippen LogP contribution in [0, 0.1) is 0 Å². The number of unbranched alkanes of at least 4 members (excludes halogenated alkanes) is 3. The normalized spacial score (nSPS) is 13.6. The maximum Gasteiger partial charge on any atom is 0.00387 e. The van der Waals surface area contributed by atoms with Gasteiger partial charge in [0.05, 0.1) is 0 Å². The van der Waals surface area contributed by atoms with Crippen LogP contribution in [0.4, 0.5) is 0 Å². The van der Waals surface area contributed by atoms with Gasteiger partial charge in [-0.25, -0.2) is 0 Å². The molecule has 0 aliphatic heterocycles. The molecule has 0 saturated heterocycles. The zero-order chi connectivity index (χ0) is 13.1. The fourth-order valence-electron chi connectivity index (χ4n) is 1.91. The van der Waals surface area contributed by atoms with Crippen LogP contribution < -0.4 is 5.32 Å². The number of nitrogens with one attached hydrogen (secondary N) is 1. The predicted molar refractivity (Wildman–Crippen MR) is 78.6 cm³/mol. The van der Waals surface area contributed by atoms with E-state index in [4.69, 9.17) is 0 Å². The van der Waals surface area contributed by atoms with E-state index in [1.807, 2.05) is 0 Å². The third kappa shape index (κ3) is 10.8. The molecule has 1 atom stereocenters. The van der Waals surface area contributed by atoms with Crippen molar-refractivity contribution in [2.45, 2.75) is 78.3 Å². The Morgan fingerprint density at radius 1 is 1.00 bits per heavy atom. The Morgan fingerprint density at radius 3 is 2.29 bits per heavy atom. The monoisotopic (exact) mass is 242 g/mol. The number of hydrogen-bond donors (Lipinski definition) is 1. The van der Waals surface area contributed by atoms with Gasteiger partial charge in [-0.15, -0.1) is 0 Å². The summed E-state index contributed by atoms with van der Waals surface area (Å²) >= 11 is 0. The van der Waals surface area contributed by atoms with Crippen molar-refractivity contribution in [1.29, 1.82) is 0 Å². The highest BCUT2D eigenvalue weighted by Gasteiger charge is 2.03. The molecular weight excluding hydrogens is 208 g/mol. The summed E-state index contributed by atoms with van der Waals surface area (Å²) in [5.41, 5.74) is 0. The van der Waals surface area contributed by atoms with Crippen LogP contribution in [0.1, 0.15) is 66.2 Å². The zero-order valence-corrected chi connectivity index (χ0v) is 12.8. The Labute approximate surface area is 109 Å². The summed E-state index contributed by atoms with van der Waals surface area (Å²) < 4.78 is 0. The third-order valence-electron chi connectivity index (χ3n) is 3.55. The van der Waals surface area contributed by atoms with Crippen LogP contribution in [-0.2, 0) is 0 Å². The second-order valence-electron chi connectivity index (χ2n) is 5.63. The largest absolute Gasteiger partial charge is 0.314 e. The van der Waals surface area contributed by atoms with Crippen molar-refractivity contribution in [3.8, 4) is 0 Å². The molecule has 1 unspecified atom stereocenters. The second kappa shape index (κ2) is 11.0. The lowest BCUT2D eigenvalue weighted by Gasteiger charge is -2.21. The predicted octanol–water partition coefficient (Wildman–Crippen LogP) is 3.67. The molecule has 0 aromatic heterocycles. The average molecular weight is 242 g/mol. The lowest BCUT2D eigenvalue weighted by atomic mass is 10.1. The van der Waals surface area contributed by atoms with E-state index in [9.17, 15) is 0 Å². The molecule has 0 bridgehead atoms. The second-order valence-corrected chi connectivity index (χ2v) is 5.63. The van der Waals surface area contributed by atoms with Crippen molar-refractivity contribution in [2.75, 3.05) is 20.1 Å². The smallest absolute Gasteiger partial charge is 0.00387 e. The summed E-state index contributed by atoms with van der Waals surface area (Å²) in [5, 5.41) is 3.63. The molecule has 0 fully saturated rings. The molecule has 0 spiro atoms. The Hall–Kier alpha value is -0.0800. The van der Waals surface area contributed by atoms with Gasteiger partial charge in [-0.1, -0.05) is 32.6 Å². The SMILES string of the molecule is CCCCCCC(C)NCCCN(C)C(C)C. The lowest BCUT2D eigenvalue weighted by molar-refractivity contribution is 0.267. The van der Waals surface area contributed by atoms with Crippen LogP contribution in [0.15, 0.2) is 0 Å². The van der Waals surface area contributed by atoms with Crippen LogP contribution in [0.5, 0.6) is 0 Å². The van der Waals surface area contributed by atoms with E-state index in [1.165, 1.54) is 45.1 Å². The standard InChI is InChI=1S/C15H34N2/c1-6-7-8-9-11-15(4)16-12-10-13-17(5)14(2)3/h14-16H,6-13H2,1-5H3. The zero-order valence-electron chi connectivity index (χ0n) is 12.8. The van der Waals surface area contributed by atoms with Gasteiger partial charge in [0, 0.05) is 12.1 Å². The number of rotatable bonds is 11. The van der Waals surface area contributed by atoms with Gasteiger partial charge in [0.2, 0.25) is 0 Å². The fraction of sp³-hybridized carbons (Fsp3) is 1.00. The minimum Gasteiger partial charge on any atom is -0.314 e. The lowest BCUT2D eigenvalue weighted by Crippen LogP contribution is -2.32. The maximum absolute atomic E-state index is 3.63. The van der Waals surface area contributed by atoms with E-state index in [2.05, 4.69) is 45.0 Å². The maximum atomic E-state index is 3.63. The summed E-state index contributed by atoms with van der Waals surface area (Å²) in [6, 6.07) is 1.36. The first-order valence-electron chi connectivity index (χ1n) is 7.51. The van der Waals surface area contributed by atoms with Gasteiger partial charge < -0.3 is 10.2 Å². The van der Waals surface area contributed by atoms with E-state index in [1.54, 1.807) is 0 Å². The van der Waals surface area contributed by atoms with Crippen LogP contribution in [0.2, 0.25) is 0 Å². The highest BCUT2D eigenvalue weighted by atomic mass is 15.1. The van der Waals surface area contributed by atoms with Gasteiger partial charge in [-0.05, 0) is 53.8 Å². The molecule has 1 N–H and O–H groups in total. The van der Waals surface area contributed by atoms with Crippen LogP contribution in [0.3, 0.4) is 0 Å². The molecule has 0 amide bonds. The van der Waals surface area contributed by atoms with E-state index < -0.39 is 0 Å². The van der Waals surface area contributed by atoms with Gasteiger partial charge in [0.1, 0.15) is 0 Å². The number of hydrogen-bond acceptors (Lipinski definition) is 2. The first-order chi connectivity index (χ1) is 8.07. The van der Waals surface area contributed by atoms with Gasteiger partial charge in [0.15, 0.2) is 0 Å². The minimum absolute atomic E-state index is 0.668. The fourth-order valence-corrected chi connectivity index (χ4v) is 1.91. The Bertz CT molecular complexity index is 157. The molecule has 0 aromatic carbocycles. The van der Waals surface area contributed by atoms with Gasteiger partial charge in [-0.3, -0.25) is 0 Å². The highest BCUT2D eigenvalue weighted by Crippen LogP contribution is 2.05. The van der Waals surface area contributed by atoms with Crippen molar-refractivity contribution >= 4 is 0 Å². The molecular formula is C15H34N2. The van der Waals surface area contributed by atoms with Crippen molar-refractivity contribution in [1.82, 2.24) is 10.2 Å². The quantitative estimate of drug-likeness (QED) is 0.556.